The van der Waals surface area contributed by atoms with Crippen LogP contribution in [0.15, 0.2) is 35.7 Å². The molecule has 2 aliphatic rings. The minimum atomic E-state index is -0.278. The average Bonchev–Trinajstić information content (AvgIpc) is 3.32. The van der Waals surface area contributed by atoms with E-state index in [1.165, 1.54) is 12.8 Å². The summed E-state index contributed by atoms with van der Waals surface area (Å²) in [6.07, 6.45) is 6.85. The van der Waals surface area contributed by atoms with Gasteiger partial charge in [-0.3, -0.25) is 5.10 Å². The second-order valence-corrected chi connectivity index (χ2v) is 7.19. The van der Waals surface area contributed by atoms with Crippen LogP contribution in [0.2, 0.25) is 0 Å². The van der Waals surface area contributed by atoms with E-state index in [-0.39, 0.29) is 11.8 Å². The van der Waals surface area contributed by atoms with Crippen molar-refractivity contribution in [3.05, 3.63) is 52.5 Å². The second-order valence-electron chi connectivity index (χ2n) is 7.19. The number of H-pyrrole nitrogens is 1. The lowest BCUT2D eigenvalue weighted by Crippen LogP contribution is -2.21. The number of nitrogens with two attached hydrogens (primary N) is 1. The SMILES string of the molecule is CCCc1[nH]nc2c1C(c1ccc(OC3CCCC3)cc1)C(C#N)=C(N)O2. The van der Waals surface area contributed by atoms with Crippen molar-refractivity contribution in [2.24, 2.45) is 5.73 Å². The highest BCUT2D eigenvalue weighted by atomic mass is 16.5. The summed E-state index contributed by atoms with van der Waals surface area (Å²) in [6, 6.07) is 10.2. The Hall–Kier alpha value is -2.94. The summed E-state index contributed by atoms with van der Waals surface area (Å²) in [5.41, 5.74) is 9.31. The summed E-state index contributed by atoms with van der Waals surface area (Å²) in [7, 11) is 0. The van der Waals surface area contributed by atoms with Crippen LogP contribution in [0.25, 0.3) is 0 Å². The normalized spacial score (nSPS) is 19.5. The number of nitriles is 1. The largest absolute Gasteiger partial charge is 0.490 e. The van der Waals surface area contributed by atoms with Gasteiger partial charge in [-0.05, 0) is 49.8 Å². The Balaban J connectivity index is 1.68. The number of ether oxygens (including phenoxy) is 2. The second kappa shape index (κ2) is 7.36. The molecule has 1 saturated carbocycles. The van der Waals surface area contributed by atoms with Gasteiger partial charge in [-0.2, -0.15) is 5.26 Å². The van der Waals surface area contributed by atoms with Crippen molar-refractivity contribution in [2.75, 3.05) is 0 Å². The molecule has 0 amide bonds. The van der Waals surface area contributed by atoms with Gasteiger partial charge in [0, 0.05) is 11.3 Å². The molecule has 4 rings (SSSR count). The summed E-state index contributed by atoms with van der Waals surface area (Å²) in [4.78, 5) is 0. The zero-order valence-corrected chi connectivity index (χ0v) is 15.5. The van der Waals surface area contributed by atoms with E-state index < -0.39 is 0 Å². The van der Waals surface area contributed by atoms with Crippen molar-refractivity contribution in [3.63, 3.8) is 0 Å². The van der Waals surface area contributed by atoms with Crippen LogP contribution in [-0.2, 0) is 6.42 Å². The fourth-order valence-electron chi connectivity index (χ4n) is 4.02. The summed E-state index contributed by atoms with van der Waals surface area (Å²) in [5, 5.41) is 17.0. The van der Waals surface area contributed by atoms with Crippen LogP contribution < -0.4 is 15.2 Å². The van der Waals surface area contributed by atoms with Crippen LogP contribution in [0, 0.1) is 11.3 Å². The third-order valence-corrected chi connectivity index (χ3v) is 5.34. The first-order valence-corrected chi connectivity index (χ1v) is 9.62. The van der Waals surface area contributed by atoms with Crippen molar-refractivity contribution in [1.82, 2.24) is 10.2 Å². The summed E-state index contributed by atoms with van der Waals surface area (Å²) in [5.74, 6) is 1.18. The van der Waals surface area contributed by atoms with E-state index >= 15 is 0 Å². The quantitative estimate of drug-likeness (QED) is 0.838. The molecule has 1 aromatic heterocycles. The van der Waals surface area contributed by atoms with Crippen LogP contribution in [0.3, 0.4) is 0 Å². The van der Waals surface area contributed by atoms with Gasteiger partial charge < -0.3 is 15.2 Å². The van der Waals surface area contributed by atoms with Crippen molar-refractivity contribution in [2.45, 2.75) is 57.5 Å². The molecule has 1 unspecified atom stereocenters. The van der Waals surface area contributed by atoms with Gasteiger partial charge in [-0.1, -0.05) is 25.5 Å². The first kappa shape index (κ1) is 17.5. The molecule has 0 spiro atoms. The fraction of sp³-hybridized carbons (Fsp3) is 0.429. The predicted octanol–water partition coefficient (Wildman–Crippen LogP) is 3.90. The Kier molecular flexibility index (Phi) is 4.76. The minimum Gasteiger partial charge on any atom is -0.490 e. The molecule has 0 bridgehead atoms. The Morgan fingerprint density at radius 2 is 2.04 bits per heavy atom. The molecule has 27 heavy (non-hydrogen) atoms. The Morgan fingerprint density at radius 3 is 2.70 bits per heavy atom. The molecule has 0 radical (unpaired) electrons. The number of nitrogens with zero attached hydrogens (tertiary/aromatic N) is 2. The number of allylic oxidation sites excluding steroid dienone is 1. The fourth-order valence-corrected chi connectivity index (χ4v) is 4.02. The van der Waals surface area contributed by atoms with E-state index in [1.807, 2.05) is 24.3 Å². The number of aromatic amines is 1. The molecule has 1 aliphatic carbocycles. The van der Waals surface area contributed by atoms with Crippen molar-refractivity contribution < 1.29 is 9.47 Å². The van der Waals surface area contributed by atoms with Crippen LogP contribution in [-0.4, -0.2) is 16.3 Å². The van der Waals surface area contributed by atoms with E-state index in [0.29, 0.717) is 17.6 Å². The molecule has 2 aromatic rings. The van der Waals surface area contributed by atoms with Gasteiger partial charge >= 0.3 is 0 Å². The van der Waals surface area contributed by atoms with E-state index in [2.05, 4.69) is 23.2 Å². The molecule has 3 N–H and O–H groups in total. The highest BCUT2D eigenvalue weighted by Crippen LogP contribution is 2.43. The maximum atomic E-state index is 9.70. The number of aryl methyl sites for hydroxylation is 1. The van der Waals surface area contributed by atoms with Gasteiger partial charge in [0.05, 0.1) is 12.0 Å². The molecule has 1 atom stereocenters. The maximum absolute atomic E-state index is 9.70. The van der Waals surface area contributed by atoms with E-state index in [0.717, 1.165) is 48.3 Å². The van der Waals surface area contributed by atoms with E-state index in [9.17, 15) is 5.26 Å². The van der Waals surface area contributed by atoms with Crippen LogP contribution in [0.5, 0.6) is 11.6 Å². The third kappa shape index (κ3) is 3.25. The highest BCUT2D eigenvalue weighted by molar-refractivity contribution is 5.55. The zero-order chi connectivity index (χ0) is 18.8. The Bertz CT molecular complexity index is 886. The highest BCUT2D eigenvalue weighted by Gasteiger charge is 2.34. The molecule has 140 valence electrons. The monoisotopic (exact) mass is 364 g/mol. The summed E-state index contributed by atoms with van der Waals surface area (Å²) < 4.78 is 11.7. The van der Waals surface area contributed by atoms with Gasteiger partial charge in [0.15, 0.2) is 0 Å². The van der Waals surface area contributed by atoms with E-state index in [1.54, 1.807) is 0 Å². The Labute approximate surface area is 159 Å². The van der Waals surface area contributed by atoms with Crippen LogP contribution in [0.1, 0.15) is 61.8 Å². The minimum absolute atomic E-state index is 0.121. The zero-order valence-electron chi connectivity index (χ0n) is 15.5. The molecule has 2 heterocycles. The van der Waals surface area contributed by atoms with Gasteiger partial charge in [-0.25, -0.2) is 0 Å². The van der Waals surface area contributed by atoms with Crippen LogP contribution in [0.4, 0.5) is 0 Å². The summed E-state index contributed by atoms with van der Waals surface area (Å²) in [6.45, 7) is 2.11. The molecular weight excluding hydrogens is 340 g/mol. The number of nitrogens with one attached hydrogen (secondary N) is 1. The number of aromatic nitrogens is 2. The molecule has 6 heteroatoms. The smallest absolute Gasteiger partial charge is 0.244 e. The number of fused-ring (bicyclic) bond motifs is 1. The lowest BCUT2D eigenvalue weighted by atomic mass is 9.83. The number of benzene rings is 1. The predicted molar refractivity (Wildman–Crippen MR) is 101 cm³/mol. The number of rotatable bonds is 5. The van der Waals surface area contributed by atoms with Crippen molar-refractivity contribution in [3.8, 4) is 17.7 Å². The number of hydrogen-bond donors (Lipinski definition) is 2. The first-order valence-electron chi connectivity index (χ1n) is 9.62. The van der Waals surface area contributed by atoms with Gasteiger partial charge in [-0.15, -0.1) is 5.10 Å². The average molecular weight is 364 g/mol. The molecule has 1 fully saturated rings. The molecule has 0 saturated heterocycles. The Morgan fingerprint density at radius 1 is 1.30 bits per heavy atom. The molecule has 6 nitrogen and oxygen atoms in total. The summed E-state index contributed by atoms with van der Waals surface area (Å²) >= 11 is 0. The van der Waals surface area contributed by atoms with Crippen molar-refractivity contribution >= 4 is 0 Å². The first-order chi connectivity index (χ1) is 13.2. The lowest BCUT2D eigenvalue weighted by Gasteiger charge is -2.24. The number of hydrogen-bond acceptors (Lipinski definition) is 5. The van der Waals surface area contributed by atoms with Gasteiger partial charge in [0.25, 0.3) is 0 Å². The topological polar surface area (TPSA) is 97.0 Å². The van der Waals surface area contributed by atoms with Gasteiger partial charge in [0.2, 0.25) is 11.8 Å². The molecular formula is C21H24N4O2. The third-order valence-electron chi connectivity index (χ3n) is 5.34. The van der Waals surface area contributed by atoms with Crippen LogP contribution >= 0.6 is 0 Å². The van der Waals surface area contributed by atoms with Crippen molar-refractivity contribution in [1.29, 1.82) is 5.26 Å². The molecule has 1 aromatic carbocycles. The molecule has 1 aliphatic heterocycles. The lowest BCUT2D eigenvalue weighted by molar-refractivity contribution is 0.210. The van der Waals surface area contributed by atoms with E-state index in [4.69, 9.17) is 15.2 Å². The standard InChI is InChI=1S/C21H24N4O2/c1-2-5-17-19-18(16(12-22)20(23)27-21(19)25-24-17)13-8-10-15(11-9-13)26-14-6-3-4-7-14/h8-11,14,18H,2-7,23H2,1H3,(H,24,25). The maximum Gasteiger partial charge on any atom is 0.244 e. The van der Waals surface area contributed by atoms with Gasteiger partial charge in [0.1, 0.15) is 17.4 Å².